The highest BCUT2D eigenvalue weighted by molar-refractivity contribution is 7.85. The molecule has 2 fully saturated rings. The van der Waals surface area contributed by atoms with E-state index in [1.165, 1.54) is 0 Å². The molecule has 0 saturated carbocycles. The predicted octanol–water partition coefficient (Wildman–Crippen LogP) is 4.24. The first-order valence-electron chi connectivity index (χ1n) is 12.5. The van der Waals surface area contributed by atoms with Gasteiger partial charge in [0.15, 0.2) is 17.6 Å². The van der Waals surface area contributed by atoms with E-state index in [1.54, 1.807) is 38.5 Å². The molecule has 1 unspecified atom stereocenters. The van der Waals surface area contributed by atoms with E-state index in [0.29, 0.717) is 11.5 Å². The molecule has 2 aliphatic rings. The first kappa shape index (κ1) is 27.1. The molecule has 0 spiro atoms. The lowest BCUT2D eigenvalue weighted by Crippen LogP contribution is -2.59. The summed E-state index contributed by atoms with van der Waals surface area (Å²) in [6.45, 7) is 0.581. The normalized spacial score (nSPS) is 24.8. The topological polar surface area (TPSA) is 98.8 Å². The summed E-state index contributed by atoms with van der Waals surface area (Å²) in [7, 11) is 1.57. The highest BCUT2D eigenvalue weighted by Crippen LogP contribution is 2.36. The molecule has 0 aliphatic carbocycles. The Morgan fingerprint density at radius 3 is 1.97 bits per heavy atom. The van der Waals surface area contributed by atoms with Crippen LogP contribution in [-0.4, -0.2) is 61.0 Å². The second kappa shape index (κ2) is 12.6. The van der Waals surface area contributed by atoms with Crippen LogP contribution < -0.4 is 9.47 Å². The van der Waals surface area contributed by atoms with Crippen molar-refractivity contribution in [2.75, 3.05) is 20.8 Å². The number of rotatable bonds is 11. The Bertz CT molecular complexity index is 1250. The van der Waals surface area contributed by atoms with Crippen LogP contribution >= 0.6 is 0 Å². The minimum atomic E-state index is -1.63. The van der Waals surface area contributed by atoms with Gasteiger partial charge in [0, 0.05) is 4.90 Å². The van der Waals surface area contributed by atoms with Gasteiger partial charge in [-0.3, -0.25) is 4.21 Å². The summed E-state index contributed by atoms with van der Waals surface area (Å²) in [6, 6.07) is 23.9. The highest BCUT2D eigenvalue weighted by Gasteiger charge is 2.56. The predicted molar refractivity (Wildman–Crippen MR) is 141 cm³/mol. The Labute approximate surface area is 229 Å². The van der Waals surface area contributed by atoms with Gasteiger partial charge < -0.3 is 33.2 Å². The number of carbonyl (C=O) groups excluding carboxylic acids is 1. The number of hydrogen-bond donors (Lipinski definition) is 0. The number of hydrogen-bond acceptors (Lipinski definition) is 9. The zero-order valence-corrected chi connectivity index (χ0v) is 22.4. The molecule has 0 aromatic heterocycles. The first-order valence-corrected chi connectivity index (χ1v) is 13.7. The minimum absolute atomic E-state index is 0.0948. The molecular weight excluding hydrogens is 524 g/mol. The van der Waals surface area contributed by atoms with E-state index in [1.807, 2.05) is 54.6 Å². The molecule has 3 aromatic carbocycles. The Morgan fingerprint density at radius 1 is 0.769 bits per heavy atom. The molecule has 206 valence electrons. The number of fused-ring (bicyclic) bond motifs is 1. The zero-order valence-electron chi connectivity index (χ0n) is 21.6. The maximum absolute atomic E-state index is 13.7. The van der Waals surface area contributed by atoms with Gasteiger partial charge in [-0.2, -0.15) is 0 Å². The summed E-state index contributed by atoms with van der Waals surface area (Å²) in [6.07, 6.45) is -3.98. The fourth-order valence-corrected chi connectivity index (χ4v) is 5.92. The Morgan fingerprint density at radius 2 is 1.36 bits per heavy atom. The van der Waals surface area contributed by atoms with Crippen molar-refractivity contribution in [3.05, 3.63) is 90.0 Å². The molecular formula is C29H30O9S. The summed E-state index contributed by atoms with van der Waals surface area (Å²) in [4.78, 5) is 12.8. The number of benzene rings is 3. The Hall–Kier alpha value is -3.44. The average Bonchev–Trinajstić information content (AvgIpc) is 3.38. The van der Waals surface area contributed by atoms with E-state index >= 15 is 0 Å². The zero-order chi connectivity index (χ0) is 27.2. The van der Waals surface area contributed by atoms with Crippen molar-refractivity contribution >= 4 is 17.0 Å². The van der Waals surface area contributed by atoms with E-state index in [0.717, 1.165) is 22.6 Å². The van der Waals surface area contributed by atoms with Gasteiger partial charge in [0.25, 0.3) is 0 Å². The van der Waals surface area contributed by atoms with E-state index < -0.39 is 46.8 Å². The molecule has 5 rings (SSSR count). The Kier molecular flexibility index (Phi) is 8.77. The first-order chi connectivity index (χ1) is 19.1. The minimum Gasteiger partial charge on any atom is -0.497 e. The fraction of sp³-hybridized carbons (Fsp3) is 0.345. The molecule has 10 heteroatoms. The van der Waals surface area contributed by atoms with Crippen LogP contribution in [0.5, 0.6) is 11.5 Å². The second-order valence-corrected chi connectivity index (χ2v) is 10.6. The summed E-state index contributed by atoms with van der Waals surface area (Å²) in [5, 5.41) is 0. The molecule has 2 saturated heterocycles. The van der Waals surface area contributed by atoms with E-state index in [4.69, 9.17) is 33.2 Å². The summed E-state index contributed by atoms with van der Waals surface area (Å²) in [5.41, 5.74) is 0.871. The summed E-state index contributed by atoms with van der Waals surface area (Å²) >= 11 is 0. The standard InChI is InChI=1S/C29H30O9S/c1-32-21-12-8-19(9-13-21)16-34-18-24-25-26(38-29(30)37-25)27(35-17-20-10-14-22(33-2)15-11-20)28(36-24)39(31)23-6-4-3-5-7-23/h3-15,24-28H,16-18H2,1-2H3/t24-,25+,26+,27-,28-,39?/m1/s1. The fourth-order valence-electron chi connectivity index (χ4n) is 4.51. The van der Waals surface area contributed by atoms with E-state index in [9.17, 15) is 9.00 Å². The van der Waals surface area contributed by atoms with Crippen molar-refractivity contribution in [1.29, 1.82) is 0 Å². The summed E-state index contributed by atoms with van der Waals surface area (Å²) in [5.74, 6) is 1.47. The lowest BCUT2D eigenvalue weighted by Gasteiger charge is -2.40. The monoisotopic (exact) mass is 554 g/mol. The van der Waals surface area contributed by atoms with Crippen molar-refractivity contribution in [1.82, 2.24) is 0 Å². The van der Waals surface area contributed by atoms with E-state index in [2.05, 4.69) is 0 Å². The van der Waals surface area contributed by atoms with Gasteiger partial charge in [0.05, 0.1) is 44.8 Å². The van der Waals surface area contributed by atoms with Crippen LogP contribution in [0.1, 0.15) is 11.1 Å². The van der Waals surface area contributed by atoms with Gasteiger partial charge >= 0.3 is 6.16 Å². The SMILES string of the molecule is COc1ccc(COC[C@H]2O[C@H](S(=O)c3ccccc3)[C@H](OCc3ccc(OC)cc3)[C@H]3OC(=O)O[C@H]32)cc1. The second-order valence-electron chi connectivity index (χ2n) is 9.06. The maximum Gasteiger partial charge on any atom is 0.509 e. The third kappa shape index (κ3) is 6.42. The van der Waals surface area contributed by atoms with Crippen LogP contribution in [0.3, 0.4) is 0 Å². The highest BCUT2D eigenvalue weighted by atomic mass is 32.2. The molecule has 0 radical (unpaired) electrons. The number of methoxy groups -OCH3 is 2. The summed E-state index contributed by atoms with van der Waals surface area (Å²) < 4.78 is 53.7. The molecule has 9 nitrogen and oxygen atoms in total. The van der Waals surface area contributed by atoms with Crippen LogP contribution in [0.25, 0.3) is 0 Å². The van der Waals surface area contributed by atoms with Gasteiger partial charge in [0.2, 0.25) is 0 Å². The van der Waals surface area contributed by atoms with Gasteiger partial charge in [0.1, 0.15) is 23.7 Å². The van der Waals surface area contributed by atoms with Crippen LogP contribution in [0.15, 0.2) is 83.8 Å². The maximum atomic E-state index is 13.7. The largest absolute Gasteiger partial charge is 0.509 e. The third-order valence-electron chi connectivity index (χ3n) is 6.55. The van der Waals surface area contributed by atoms with Crippen molar-refractivity contribution in [2.45, 2.75) is 48.0 Å². The average molecular weight is 555 g/mol. The molecule has 0 amide bonds. The van der Waals surface area contributed by atoms with Crippen molar-refractivity contribution in [3.63, 3.8) is 0 Å². The lowest BCUT2D eigenvalue weighted by atomic mass is 10.00. The lowest BCUT2D eigenvalue weighted by molar-refractivity contribution is -0.193. The van der Waals surface area contributed by atoms with Gasteiger partial charge in [-0.05, 0) is 47.5 Å². The smallest absolute Gasteiger partial charge is 0.497 e. The molecule has 2 aliphatic heterocycles. The molecule has 6 atom stereocenters. The molecule has 0 N–H and O–H groups in total. The van der Waals surface area contributed by atoms with Crippen LogP contribution in [0.2, 0.25) is 0 Å². The van der Waals surface area contributed by atoms with E-state index in [-0.39, 0.29) is 13.2 Å². The Balaban J connectivity index is 1.34. The van der Waals surface area contributed by atoms with Crippen molar-refractivity contribution in [3.8, 4) is 11.5 Å². The quantitative estimate of drug-likeness (QED) is 0.322. The molecule has 2 heterocycles. The van der Waals surface area contributed by atoms with Gasteiger partial charge in [-0.15, -0.1) is 0 Å². The number of ether oxygens (including phenoxy) is 7. The number of carbonyl (C=O) groups is 1. The third-order valence-corrected chi connectivity index (χ3v) is 8.09. The van der Waals surface area contributed by atoms with Crippen molar-refractivity contribution in [2.24, 2.45) is 0 Å². The van der Waals surface area contributed by atoms with Gasteiger partial charge in [-0.1, -0.05) is 42.5 Å². The molecule has 0 bridgehead atoms. The van der Waals surface area contributed by atoms with Crippen LogP contribution in [-0.2, 0) is 47.7 Å². The molecule has 39 heavy (non-hydrogen) atoms. The van der Waals surface area contributed by atoms with Gasteiger partial charge in [-0.25, -0.2) is 4.79 Å². The van der Waals surface area contributed by atoms with Crippen LogP contribution in [0, 0.1) is 0 Å². The van der Waals surface area contributed by atoms with Crippen molar-refractivity contribution < 1.29 is 42.2 Å². The molecule has 3 aromatic rings. The van der Waals surface area contributed by atoms with Crippen LogP contribution in [0.4, 0.5) is 4.79 Å².